The maximum absolute atomic E-state index is 5.94. The van der Waals surface area contributed by atoms with Gasteiger partial charge in [-0.2, -0.15) is 59.3 Å². The monoisotopic (exact) mass is 1000 g/mol. The molecule has 11 heteroatoms. The van der Waals surface area contributed by atoms with Crippen molar-refractivity contribution in [2.45, 2.75) is 45.8 Å². The van der Waals surface area contributed by atoms with E-state index in [1.54, 1.807) is 35.9 Å². The summed E-state index contributed by atoms with van der Waals surface area (Å²) in [5.74, 6) is 2.76. The molecule has 0 aliphatic rings. The molecule has 266 valence electrons. The minimum Gasteiger partial charge on any atom is -0.466 e. The van der Waals surface area contributed by atoms with E-state index in [4.69, 9.17) is 19.4 Å². The van der Waals surface area contributed by atoms with Gasteiger partial charge in [0.1, 0.15) is 0 Å². The molecule has 4 heterocycles. The first kappa shape index (κ1) is 38.4. The molecule has 0 bridgehead atoms. The predicted octanol–water partition coefficient (Wildman–Crippen LogP) is 10.7. The minimum absolute atomic E-state index is 0. The Labute approximate surface area is 344 Å². The fraction of sp³-hybridized carbons (Fsp3) is 0.0952. The Balaban J connectivity index is 0.00000240. The molecular formula is C42H29N5O2PdPtS2. The Morgan fingerprint density at radius 1 is 0.547 bits per heavy atom. The Morgan fingerprint density at radius 2 is 1.02 bits per heavy atom. The van der Waals surface area contributed by atoms with Crippen LogP contribution in [0.1, 0.15) is 26.3 Å². The molecule has 0 fully saturated rings. The summed E-state index contributed by atoms with van der Waals surface area (Å²) >= 11 is 3.11. The van der Waals surface area contributed by atoms with Gasteiger partial charge in [0.25, 0.3) is 0 Å². The second-order valence-electron chi connectivity index (χ2n) is 12.5. The van der Waals surface area contributed by atoms with Crippen LogP contribution in [-0.2, 0) is 46.9 Å². The fourth-order valence-corrected chi connectivity index (χ4v) is 6.98. The van der Waals surface area contributed by atoms with E-state index in [2.05, 4.69) is 79.3 Å². The smallest absolute Gasteiger partial charge is 0.466 e. The molecule has 0 amide bonds. The molecule has 0 saturated heterocycles. The van der Waals surface area contributed by atoms with Crippen LogP contribution in [0.15, 0.2) is 141 Å². The van der Waals surface area contributed by atoms with Crippen molar-refractivity contribution >= 4 is 45.3 Å². The summed E-state index contributed by atoms with van der Waals surface area (Å²) in [5, 5.41) is 2.05. The number of hydrogen-bond acceptors (Lipinski definition) is 8. The Kier molecular flexibility index (Phi) is 12.2. The first-order chi connectivity index (χ1) is 24.9. The van der Waals surface area contributed by atoms with Crippen molar-refractivity contribution in [1.82, 2.24) is 24.5 Å². The van der Waals surface area contributed by atoms with Crippen LogP contribution in [0.25, 0.3) is 27.8 Å². The first-order valence-corrected chi connectivity index (χ1v) is 17.8. The largest absolute Gasteiger partial charge is 2.00 e. The van der Waals surface area contributed by atoms with Crippen molar-refractivity contribution in [3.63, 3.8) is 0 Å². The van der Waals surface area contributed by atoms with Crippen molar-refractivity contribution in [3.05, 3.63) is 152 Å². The van der Waals surface area contributed by atoms with E-state index in [0.29, 0.717) is 29.2 Å². The van der Waals surface area contributed by atoms with Crippen LogP contribution >= 0.6 is 23.5 Å². The first-order valence-electron chi connectivity index (χ1n) is 16.2. The van der Waals surface area contributed by atoms with Crippen LogP contribution < -0.4 is 9.47 Å². The van der Waals surface area contributed by atoms with Crippen molar-refractivity contribution in [2.75, 3.05) is 0 Å². The Hall–Kier alpha value is -4.29. The zero-order valence-corrected chi connectivity index (χ0v) is 34.0. The summed E-state index contributed by atoms with van der Waals surface area (Å²) in [4.78, 5) is 21.9. The van der Waals surface area contributed by atoms with E-state index in [-0.39, 0.29) is 46.9 Å². The Bertz CT molecular complexity index is 2330. The van der Waals surface area contributed by atoms with Crippen molar-refractivity contribution < 1.29 is 51.0 Å². The van der Waals surface area contributed by atoms with Gasteiger partial charge < -0.3 is 14.0 Å². The van der Waals surface area contributed by atoms with Crippen molar-refractivity contribution in [2.24, 2.45) is 0 Å². The van der Waals surface area contributed by atoms with Crippen LogP contribution in [0, 0.1) is 24.3 Å². The van der Waals surface area contributed by atoms with Gasteiger partial charge in [0.15, 0.2) is 0 Å². The number of benzene rings is 4. The number of nitrogens with zero attached hydrogens (tertiary/aromatic N) is 5. The summed E-state index contributed by atoms with van der Waals surface area (Å²) in [6.07, 6.45) is 7.21. The molecule has 53 heavy (non-hydrogen) atoms. The van der Waals surface area contributed by atoms with Crippen LogP contribution in [0.3, 0.4) is 0 Å². The van der Waals surface area contributed by atoms with E-state index in [1.807, 2.05) is 89.8 Å². The van der Waals surface area contributed by atoms with Gasteiger partial charge in [-0.25, -0.2) is 19.9 Å². The number of pyridine rings is 2. The number of rotatable bonds is 9. The second-order valence-corrected chi connectivity index (χ2v) is 14.7. The topological polar surface area (TPSA) is 75.0 Å². The normalized spacial score (nSPS) is 11.2. The van der Waals surface area contributed by atoms with Crippen LogP contribution in [0.5, 0.6) is 23.3 Å². The molecule has 0 aliphatic carbocycles. The van der Waals surface area contributed by atoms with Gasteiger partial charge in [-0.15, -0.1) is 69.7 Å². The third kappa shape index (κ3) is 8.92. The summed E-state index contributed by atoms with van der Waals surface area (Å²) in [6.45, 7) is 6.46. The van der Waals surface area contributed by atoms with Gasteiger partial charge in [-0.3, -0.25) is 0 Å². The molecule has 0 radical (unpaired) electrons. The van der Waals surface area contributed by atoms with E-state index in [0.717, 1.165) is 47.0 Å². The van der Waals surface area contributed by atoms with Crippen molar-refractivity contribution in [3.8, 4) is 29.2 Å². The van der Waals surface area contributed by atoms with E-state index < -0.39 is 0 Å². The maximum Gasteiger partial charge on any atom is 2.00 e. The molecule has 0 atom stereocenters. The van der Waals surface area contributed by atoms with Gasteiger partial charge in [0.2, 0.25) is 17.7 Å². The molecule has 0 unspecified atom stereocenters. The molecular weight excluding hydrogens is 972 g/mol. The van der Waals surface area contributed by atoms with E-state index in [1.165, 1.54) is 0 Å². The Morgan fingerprint density at radius 3 is 1.45 bits per heavy atom. The standard InChI is InChI=1S/C42H29N5O2S2.Pd.Pt/c1-42(2,3)28-26-45-41(46-27-28)47-37-24-33(50-31-12-8-10-29(22-31)48-39-14-4-6-20-43-39)16-18-35(37)36-19-17-34(25-38(36)47)51-32-13-9-11-30(23-32)49-40-15-5-7-21-44-40;;/h4-21,26-27H,1-3H3;;/q-4;2*+2. The number of hydrogen-bond donors (Lipinski definition) is 0. The summed E-state index contributed by atoms with van der Waals surface area (Å²) in [6, 6.07) is 45.2. The van der Waals surface area contributed by atoms with Crippen LogP contribution in [-0.4, -0.2) is 24.5 Å². The van der Waals surface area contributed by atoms with E-state index in [9.17, 15) is 0 Å². The third-order valence-corrected chi connectivity index (χ3v) is 9.70. The molecule has 0 N–H and O–H groups in total. The average molecular weight is 1000 g/mol. The van der Waals surface area contributed by atoms with Crippen LogP contribution in [0.2, 0.25) is 0 Å². The number of ether oxygens (including phenoxy) is 2. The minimum atomic E-state index is -0.0815. The summed E-state index contributed by atoms with van der Waals surface area (Å²) in [7, 11) is 0. The van der Waals surface area contributed by atoms with Gasteiger partial charge in [0.05, 0.1) is 0 Å². The van der Waals surface area contributed by atoms with Gasteiger partial charge >= 0.3 is 41.5 Å². The zero-order chi connectivity index (χ0) is 34.8. The molecule has 0 saturated carbocycles. The summed E-state index contributed by atoms with van der Waals surface area (Å²) in [5.41, 5.74) is 2.69. The maximum atomic E-state index is 5.94. The molecule has 8 rings (SSSR count). The second kappa shape index (κ2) is 16.8. The molecule has 8 aromatic rings. The van der Waals surface area contributed by atoms with Crippen molar-refractivity contribution in [1.29, 1.82) is 0 Å². The summed E-state index contributed by atoms with van der Waals surface area (Å²) < 4.78 is 13.9. The molecule has 7 nitrogen and oxygen atoms in total. The van der Waals surface area contributed by atoms with Gasteiger partial charge in [0, 0.05) is 48.4 Å². The fourth-order valence-electron chi connectivity index (χ4n) is 5.34. The molecule has 0 spiro atoms. The zero-order valence-electron chi connectivity index (χ0n) is 28.5. The number of fused-ring (bicyclic) bond motifs is 3. The van der Waals surface area contributed by atoms with Gasteiger partial charge in [-0.05, 0) is 23.1 Å². The average Bonchev–Trinajstić information content (AvgIpc) is 3.45. The SMILES string of the molecule is CC(C)(C)c1cnc(-n2c3[c-]c(Sc4[c-]c(Oc5ccccn5)ccc4)ccc3c3ccc(Sc4[c-]c(Oc5ccccn5)ccc4)[c-]c32)nc1.[Pd+2].[Pt+2]. The molecule has 0 aliphatic heterocycles. The predicted molar refractivity (Wildman–Crippen MR) is 200 cm³/mol. The van der Waals surface area contributed by atoms with Gasteiger partial charge in [-0.1, -0.05) is 53.7 Å². The quantitative estimate of drug-likeness (QED) is 0.105. The van der Waals surface area contributed by atoms with E-state index >= 15 is 0 Å². The van der Waals surface area contributed by atoms with Crippen LogP contribution in [0.4, 0.5) is 0 Å². The molecule has 4 aromatic carbocycles. The number of aromatic nitrogens is 5. The molecule has 4 aromatic heterocycles. The third-order valence-electron chi connectivity index (χ3n) is 7.87.